The van der Waals surface area contributed by atoms with Crippen LogP contribution in [-0.2, 0) is 4.74 Å². The number of rotatable bonds is 2. The second-order valence-electron chi connectivity index (χ2n) is 4.23. The first-order valence-corrected chi connectivity index (χ1v) is 7.63. The topological polar surface area (TPSA) is 48.3 Å². The van der Waals surface area contributed by atoms with Gasteiger partial charge in [0, 0.05) is 0 Å². The van der Waals surface area contributed by atoms with Gasteiger partial charge in [0.05, 0.1) is 0 Å². The van der Waals surface area contributed by atoms with Crippen molar-refractivity contribution in [3.05, 3.63) is 64.4 Å². The van der Waals surface area contributed by atoms with Crippen molar-refractivity contribution in [1.29, 1.82) is 0 Å². The number of ether oxygens (including phenoxy) is 1. The van der Waals surface area contributed by atoms with Gasteiger partial charge in [-0.25, -0.2) is 0 Å². The molecule has 0 bridgehead atoms. The van der Waals surface area contributed by atoms with E-state index < -0.39 is 5.97 Å². The zero-order chi connectivity index (χ0) is 14.1. The Hall–Kier alpha value is -2.10. The molecule has 3 rings (SSSR count). The zero-order valence-corrected chi connectivity index (χ0v) is 12.4. The molecular formula is C15H11NO3Se. The van der Waals surface area contributed by atoms with Crippen LogP contribution < -0.4 is 5.56 Å². The van der Waals surface area contributed by atoms with E-state index in [4.69, 9.17) is 4.74 Å². The molecule has 0 N–H and O–H groups in total. The fraction of sp³-hybridized carbons (Fsp3) is 0.0667. The average molecular weight is 332 g/mol. The van der Waals surface area contributed by atoms with Crippen molar-refractivity contribution in [2.75, 3.05) is 7.11 Å². The van der Waals surface area contributed by atoms with Crippen molar-refractivity contribution in [3.8, 4) is 5.69 Å². The van der Waals surface area contributed by atoms with Crippen LogP contribution in [0.15, 0.2) is 53.3 Å². The van der Waals surface area contributed by atoms with Gasteiger partial charge in [0.1, 0.15) is 0 Å². The van der Waals surface area contributed by atoms with Gasteiger partial charge >= 0.3 is 121 Å². The fourth-order valence-electron chi connectivity index (χ4n) is 2.02. The van der Waals surface area contributed by atoms with Crippen LogP contribution in [0.2, 0.25) is 0 Å². The van der Waals surface area contributed by atoms with Gasteiger partial charge in [-0.2, -0.15) is 0 Å². The molecule has 0 aliphatic heterocycles. The van der Waals surface area contributed by atoms with Crippen molar-refractivity contribution in [1.82, 2.24) is 3.56 Å². The number of carbonyl (C=O) groups is 1. The van der Waals surface area contributed by atoms with E-state index in [1.165, 1.54) is 7.11 Å². The van der Waals surface area contributed by atoms with E-state index in [0.29, 0.717) is 5.56 Å². The number of fused-ring (bicyclic) bond motifs is 1. The Labute approximate surface area is 121 Å². The molecular weight excluding hydrogens is 321 g/mol. The summed E-state index contributed by atoms with van der Waals surface area (Å²) in [6.45, 7) is 0. The summed E-state index contributed by atoms with van der Waals surface area (Å²) in [5.74, 6) is -0.400. The normalized spacial score (nSPS) is 10.7. The number of esters is 1. The van der Waals surface area contributed by atoms with Crippen molar-refractivity contribution < 1.29 is 9.53 Å². The molecule has 20 heavy (non-hydrogen) atoms. The van der Waals surface area contributed by atoms with E-state index in [1.54, 1.807) is 21.8 Å². The summed E-state index contributed by atoms with van der Waals surface area (Å²) in [4.78, 5) is 23.9. The first-order chi connectivity index (χ1) is 9.70. The number of hydrogen-bond acceptors (Lipinski definition) is 3. The second-order valence-corrected chi connectivity index (χ2v) is 6.30. The van der Waals surface area contributed by atoms with E-state index in [1.807, 2.05) is 30.3 Å². The fourth-order valence-corrected chi connectivity index (χ4v) is 4.10. The minimum atomic E-state index is -0.400. The van der Waals surface area contributed by atoms with Crippen molar-refractivity contribution in [2.45, 2.75) is 0 Å². The molecule has 0 atom stereocenters. The van der Waals surface area contributed by atoms with Crippen molar-refractivity contribution in [2.24, 2.45) is 0 Å². The van der Waals surface area contributed by atoms with Gasteiger partial charge in [0.2, 0.25) is 0 Å². The zero-order valence-electron chi connectivity index (χ0n) is 10.7. The number of aromatic nitrogens is 1. The summed E-state index contributed by atoms with van der Waals surface area (Å²) in [6, 6.07) is 14.6. The molecule has 0 spiro atoms. The Morgan fingerprint density at radius 1 is 1.15 bits per heavy atom. The van der Waals surface area contributed by atoms with E-state index in [9.17, 15) is 9.59 Å². The van der Waals surface area contributed by atoms with Gasteiger partial charge in [0.25, 0.3) is 0 Å². The van der Waals surface area contributed by atoms with Crippen LogP contribution in [0.25, 0.3) is 15.3 Å². The third kappa shape index (κ3) is 2.11. The van der Waals surface area contributed by atoms with Crippen molar-refractivity contribution >= 4 is 30.3 Å². The van der Waals surface area contributed by atoms with Crippen LogP contribution in [0.5, 0.6) is 0 Å². The van der Waals surface area contributed by atoms with Crippen LogP contribution in [0, 0.1) is 0 Å². The Kier molecular flexibility index (Phi) is 3.30. The van der Waals surface area contributed by atoms with E-state index in [0.717, 1.165) is 15.3 Å². The van der Waals surface area contributed by atoms with Gasteiger partial charge in [-0.3, -0.25) is 0 Å². The molecule has 0 radical (unpaired) electrons. The monoisotopic (exact) mass is 333 g/mol. The first kappa shape index (κ1) is 12.9. The molecule has 4 nitrogen and oxygen atoms in total. The quantitative estimate of drug-likeness (QED) is 0.531. The number of benzene rings is 2. The van der Waals surface area contributed by atoms with Gasteiger partial charge in [-0.1, -0.05) is 0 Å². The number of carbonyl (C=O) groups excluding carboxylic acids is 1. The van der Waals surface area contributed by atoms with E-state index >= 15 is 0 Å². The Bertz CT molecular complexity index is 847. The molecule has 0 aliphatic carbocycles. The van der Waals surface area contributed by atoms with Crippen LogP contribution >= 0.6 is 0 Å². The summed E-state index contributed by atoms with van der Waals surface area (Å²) in [5, 5.41) is 0.746. The third-order valence-electron chi connectivity index (χ3n) is 2.99. The summed E-state index contributed by atoms with van der Waals surface area (Å²) in [7, 11) is 1.34. The Morgan fingerprint density at radius 2 is 1.95 bits per heavy atom. The molecule has 1 aromatic heterocycles. The van der Waals surface area contributed by atoms with E-state index in [2.05, 4.69) is 0 Å². The minimum absolute atomic E-state index is 0.0115. The number of nitrogens with zero attached hydrogens (tertiary/aromatic N) is 1. The molecule has 0 unspecified atom stereocenters. The van der Waals surface area contributed by atoms with Crippen LogP contribution in [0.1, 0.15) is 10.4 Å². The molecule has 100 valence electrons. The average Bonchev–Trinajstić information content (AvgIpc) is 2.84. The molecule has 5 heteroatoms. The Balaban J connectivity index is 2.18. The molecule has 2 aromatic carbocycles. The second kappa shape index (κ2) is 5.12. The van der Waals surface area contributed by atoms with E-state index in [-0.39, 0.29) is 20.3 Å². The summed E-state index contributed by atoms with van der Waals surface area (Å²) in [5.41, 5.74) is 1.17. The SMILES string of the molecule is COC(=O)c1cccc(-n2[se]c3ccccc3c2=O)c1. The van der Waals surface area contributed by atoms with Gasteiger partial charge in [0.15, 0.2) is 0 Å². The first-order valence-electron chi connectivity index (χ1n) is 6.00. The maximum absolute atomic E-state index is 12.4. The predicted octanol–water partition coefficient (Wildman–Crippen LogP) is 1.83. The molecule has 0 amide bonds. The molecule has 3 aromatic rings. The molecule has 0 fully saturated rings. The summed E-state index contributed by atoms with van der Waals surface area (Å²) >= 11 is -0.0948. The predicted molar refractivity (Wildman–Crippen MR) is 77.8 cm³/mol. The van der Waals surface area contributed by atoms with Crippen molar-refractivity contribution in [3.63, 3.8) is 0 Å². The molecule has 1 heterocycles. The maximum atomic E-state index is 12.4. The standard InChI is InChI=1S/C15H11NO3Se/c1-19-15(18)10-5-4-6-11(9-10)16-14(17)12-7-2-3-8-13(12)20-16/h2-9H,1H3. The number of methoxy groups -OCH3 is 1. The molecule has 0 saturated carbocycles. The van der Waals surface area contributed by atoms with Crippen LogP contribution in [0.4, 0.5) is 0 Å². The van der Waals surface area contributed by atoms with Gasteiger partial charge in [-0.05, 0) is 0 Å². The summed E-state index contributed by atoms with van der Waals surface area (Å²) < 4.78 is 7.49. The third-order valence-corrected chi connectivity index (χ3v) is 5.33. The molecule has 0 saturated heterocycles. The van der Waals surface area contributed by atoms with Crippen LogP contribution in [0.3, 0.4) is 0 Å². The van der Waals surface area contributed by atoms with Gasteiger partial charge < -0.3 is 0 Å². The number of hydrogen-bond donors (Lipinski definition) is 0. The Morgan fingerprint density at radius 3 is 2.70 bits per heavy atom. The molecule has 0 aliphatic rings. The van der Waals surface area contributed by atoms with Crippen LogP contribution in [-0.4, -0.2) is 31.4 Å². The van der Waals surface area contributed by atoms with Gasteiger partial charge in [-0.15, -0.1) is 0 Å². The summed E-state index contributed by atoms with van der Waals surface area (Å²) in [6.07, 6.45) is 0.